The zero-order chi connectivity index (χ0) is 16.1. The molecular formula is C19H30O2. The van der Waals surface area contributed by atoms with Crippen LogP contribution in [0.5, 0.6) is 11.5 Å². The average Bonchev–Trinajstić information content (AvgIpc) is 2.34. The van der Waals surface area contributed by atoms with Gasteiger partial charge in [-0.1, -0.05) is 41.5 Å². The first-order chi connectivity index (χ1) is 9.54. The second-order valence-electron chi connectivity index (χ2n) is 8.44. The number of phenolic OH excluding ortho intramolecular Hbond substituents is 1. The van der Waals surface area contributed by atoms with Crippen LogP contribution in [-0.4, -0.2) is 12.2 Å². The second-order valence-corrected chi connectivity index (χ2v) is 8.44. The van der Waals surface area contributed by atoms with Crippen molar-refractivity contribution in [3.05, 3.63) is 23.3 Å². The first-order valence-corrected chi connectivity index (χ1v) is 7.95. The maximum Gasteiger partial charge on any atom is 0.160 e. The molecule has 1 N–H and O–H groups in total. The highest BCUT2D eigenvalue weighted by atomic mass is 16.5. The number of benzene rings is 1. The van der Waals surface area contributed by atoms with Crippen molar-refractivity contribution in [2.75, 3.05) is 7.11 Å². The van der Waals surface area contributed by atoms with Gasteiger partial charge in [-0.15, -0.1) is 0 Å². The summed E-state index contributed by atoms with van der Waals surface area (Å²) in [6.45, 7) is 14.0. The fourth-order valence-electron chi connectivity index (χ4n) is 4.74. The molecule has 0 heterocycles. The van der Waals surface area contributed by atoms with Crippen molar-refractivity contribution in [1.82, 2.24) is 0 Å². The van der Waals surface area contributed by atoms with E-state index < -0.39 is 0 Å². The SMILES string of the molecule is COc1cc2c(cc1O)CCCC2(C(C)(C)C)C(C)(C)C. The molecule has 2 heteroatoms. The van der Waals surface area contributed by atoms with E-state index in [1.54, 1.807) is 7.11 Å². The van der Waals surface area contributed by atoms with Crippen LogP contribution in [-0.2, 0) is 11.8 Å². The Balaban J connectivity index is 2.79. The van der Waals surface area contributed by atoms with Crippen molar-refractivity contribution in [2.45, 2.75) is 66.2 Å². The number of phenols is 1. The third kappa shape index (κ3) is 2.33. The molecule has 1 aliphatic rings. The third-order valence-electron chi connectivity index (χ3n) is 5.42. The van der Waals surface area contributed by atoms with Gasteiger partial charge in [0.05, 0.1) is 7.11 Å². The summed E-state index contributed by atoms with van der Waals surface area (Å²) in [5.41, 5.74) is 3.01. The monoisotopic (exact) mass is 290 g/mol. The van der Waals surface area contributed by atoms with E-state index in [2.05, 4.69) is 47.6 Å². The van der Waals surface area contributed by atoms with Crippen molar-refractivity contribution < 1.29 is 9.84 Å². The Hall–Kier alpha value is -1.18. The quantitative estimate of drug-likeness (QED) is 0.782. The Kier molecular flexibility index (Phi) is 3.80. The molecule has 0 fully saturated rings. The topological polar surface area (TPSA) is 29.5 Å². The van der Waals surface area contributed by atoms with Gasteiger partial charge >= 0.3 is 0 Å². The molecule has 0 unspecified atom stereocenters. The molecule has 1 aliphatic carbocycles. The molecule has 0 aliphatic heterocycles. The number of aryl methyl sites for hydroxylation is 1. The van der Waals surface area contributed by atoms with Gasteiger partial charge in [0.15, 0.2) is 11.5 Å². The Labute approximate surface area is 129 Å². The van der Waals surface area contributed by atoms with Gasteiger partial charge in [-0.2, -0.15) is 0 Å². The van der Waals surface area contributed by atoms with E-state index in [0.29, 0.717) is 5.75 Å². The highest BCUT2D eigenvalue weighted by molar-refractivity contribution is 5.51. The molecule has 2 rings (SSSR count). The van der Waals surface area contributed by atoms with Crippen LogP contribution >= 0.6 is 0 Å². The van der Waals surface area contributed by atoms with Gasteiger partial charge in [0.2, 0.25) is 0 Å². The lowest BCUT2D eigenvalue weighted by Gasteiger charge is -2.57. The van der Waals surface area contributed by atoms with E-state index in [0.717, 1.165) is 6.42 Å². The summed E-state index contributed by atoms with van der Waals surface area (Å²) < 4.78 is 5.38. The minimum absolute atomic E-state index is 0.0779. The maximum absolute atomic E-state index is 10.1. The molecule has 118 valence electrons. The van der Waals surface area contributed by atoms with Gasteiger partial charge in [0, 0.05) is 5.41 Å². The summed E-state index contributed by atoms with van der Waals surface area (Å²) in [5, 5.41) is 10.1. The van der Waals surface area contributed by atoms with E-state index in [-0.39, 0.29) is 22.0 Å². The predicted molar refractivity (Wildman–Crippen MR) is 88.2 cm³/mol. The van der Waals surface area contributed by atoms with Gasteiger partial charge < -0.3 is 9.84 Å². The van der Waals surface area contributed by atoms with E-state index in [1.165, 1.54) is 24.0 Å². The number of rotatable bonds is 1. The maximum atomic E-state index is 10.1. The number of aromatic hydroxyl groups is 1. The first-order valence-electron chi connectivity index (χ1n) is 7.95. The van der Waals surface area contributed by atoms with Gasteiger partial charge in [-0.3, -0.25) is 0 Å². The number of hydrogen-bond acceptors (Lipinski definition) is 2. The zero-order valence-corrected chi connectivity index (χ0v) is 14.6. The molecule has 2 nitrogen and oxygen atoms in total. The number of ether oxygens (including phenoxy) is 1. The van der Waals surface area contributed by atoms with Gasteiger partial charge in [-0.25, -0.2) is 0 Å². The molecule has 1 aromatic carbocycles. The molecule has 0 atom stereocenters. The van der Waals surface area contributed by atoms with Crippen LogP contribution < -0.4 is 4.74 Å². The van der Waals surface area contributed by atoms with Crippen LogP contribution in [0.3, 0.4) is 0 Å². The van der Waals surface area contributed by atoms with Crippen molar-refractivity contribution in [3.8, 4) is 11.5 Å². The second kappa shape index (κ2) is 4.93. The minimum atomic E-state index is 0.0779. The normalized spacial score (nSPS) is 18.2. The molecular weight excluding hydrogens is 260 g/mol. The van der Waals surface area contributed by atoms with Crippen LogP contribution in [0.1, 0.15) is 65.5 Å². The van der Waals surface area contributed by atoms with E-state index in [9.17, 15) is 5.11 Å². The summed E-state index contributed by atoms with van der Waals surface area (Å²) in [6, 6.07) is 4.00. The fourth-order valence-corrected chi connectivity index (χ4v) is 4.74. The highest BCUT2D eigenvalue weighted by Crippen LogP contribution is 2.59. The molecule has 1 aromatic rings. The first kappa shape index (κ1) is 16.2. The Morgan fingerprint density at radius 3 is 2.10 bits per heavy atom. The molecule has 0 bridgehead atoms. The largest absolute Gasteiger partial charge is 0.504 e. The molecule has 0 spiro atoms. The molecule has 0 saturated heterocycles. The predicted octanol–water partition coefficient (Wildman–Crippen LogP) is 5.07. The van der Waals surface area contributed by atoms with Crippen molar-refractivity contribution in [3.63, 3.8) is 0 Å². The molecule has 0 radical (unpaired) electrons. The molecule has 0 amide bonds. The zero-order valence-electron chi connectivity index (χ0n) is 14.6. The third-order valence-corrected chi connectivity index (χ3v) is 5.42. The number of hydrogen-bond donors (Lipinski definition) is 1. The highest BCUT2D eigenvalue weighted by Gasteiger charge is 2.53. The van der Waals surface area contributed by atoms with Crippen molar-refractivity contribution in [2.24, 2.45) is 10.8 Å². The van der Waals surface area contributed by atoms with E-state index in [1.807, 2.05) is 6.07 Å². The summed E-state index contributed by atoms with van der Waals surface area (Å²) in [4.78, 5) is 0. The lowest BCUT2D eigenvalue weighted by atomic mass is 9.47. The summed E-state index contributed by atoms with van der Waals surface area (Å²) in [5.74, 6) is 0.850. The Bertz CT molecular complexity index is 516. The van der Waals surface area contributed by atoms with Crippen molar-refractivity contribution >= 4 is 0 Å². The smallest absolute Gasteiger partial charge is 0.160 e. The standard InChI is InChI=1S/C19H30O2/c1-17(2,3)19(18(4,5)6)10-8-9-13-11-15(20)16(21-7)12-14(13)19/h11-12,20H,8-10H2,1-7H3. The molecule has 0 aromatic heterocycles. The van der Waals surface area contributed by atoms with Crippen molar-refractivity contribution in [1.29, 1.82) is 0 Å². The summed E-state index contributed by atoms with van der Waals surface area (Å²) in [7, 11) is 1.63. The molecule has 0 saturated carbocycles. The number of methoxy groups -OCH3 is 1. The Morgan fingerprint density at radius 1 is 1.05 bits per heavy atom. The van der Waals surface area contributed by atoms with E-state index in [4.69, 9.17) is 4.74 Å². The van der Waals surface area contributed by atoms with Crippen LogP contribution in [0.15, 0.2) is 12.1 Å². The lowest BCUT2D eigenvalue weighted by molar-refractivity contribution is 0.0336. The number of fused-ring (bicyclic) bond motifs is 1. The fraction of sp³-hybridized carbons (Fsp3) is 0.684. The van der Waals surface area contributed by atoms with Crippen LogP contribution in [0.4, 0.5) is 0 Å². The van der Waals surface area contributed by atoms with Crippen LogP contribution in [0, 0.1) is 10.8 Å². The summed E-state index contributed by atoms with van der Waals surface area (Å²) >= 11 is 0. The molecule has 21 heavy (non-hydrogen) atoms. The van der Waals surface area contributed by atoms with E-state index >= 15 is 0 Å². The van der Waals surface area contributed by atoms with Gasteiger partial charge in [0.25, 0.3) is 0 Å². The summed E-state index contributed by atoms with van der Waals surface area (Å²) in [6.07, 6.45) is 3.40. The van der Waals surface area contributed by atoms with Gasteiger partial charge in [0.1, 0.15) is 0 Å². The lowest BCUT2D eigenvalue weighted by Crippen LogP contribution is -2.52. The van der Waals surface area contributed by atoms with Crippen LogP contribution in [0.2, 0.25) is 0 Å². The van der Waals surface area contributed by atoms with Crippen LogP contribution in [0.25, 0.3) is 0 Å². The minimum Gasteiger partial charge on any atom is -0.504 e. The van der Waals surface area contributed by atoms with Gasteiger partial charge in [-0.05, 0) is 53.4 Å². The average molecular weight is 290 g/mol. The Morgan fingerprint density at radius 2 is 1.62 bits per heavy atom.